The number of nitrogens with one attached hydrogen (secondary N) is 1. The van der Waals surface area contributed by atoms with Crippen LogP contribution in [0.5, 0.6) is 0 Å². The van der Waals surface area contributed by atoms with Crippen LogP contribution in [0.15, 0.2) is 0 Å². The van der Waals surface area contributed by atoms with Gasteiger partial charge in [0.1, 0.15) is 0 Å². The van der Waals surface area contributed by atoms with E-state index < -0.39 is 0 Å². The Morgan fingerprint density at radius 3 is 2.67 bits per heavy atom. The molecule has 1 heterocycles. The van der Waals surface area contributed by atoms with E-state index in [1.807, 2.05) is 4.90 Å². The molecule has 0 aromatic rings. The Hall–Kier alpha value is -0.730. The zero-order chi connectivity index (χ0) is 6.85. The van der Waals surface area contributed by atoms with Crippen LogP contribution in [0.25, 0.3) is 0 Å². The van der Waals surface area contributed by atoms with Crippen LogP contribution in [-0.4, -0.2) is 23.9 Å². The van der Waals surface area contributed by atoms with Gasteiger partial charge in [-0.15, -0.1) is 0 Å². The summed E-state index contributed by atoms with van der Waals surface area (Å²) in [6, 6.07) is 0. The number of hydrogen-bond acceptors (Lipinski definition) is 1. The highest BCUT2D eigenvalue weighted by Crippen LogP contribution is 2.12. The quantitative estimate of drug-likeness (QED) is 0.355. The normalized spacial score (nSPS) is 26.8. The van der Waals surface area contributed by atoms with Gasteiger partial charge in [-0.1, -0.05) is 0 Å². The van der Waals surface area contributed by atoms with Gasteiger partial charge in [0.05, 0.1) is 0 Å². The molecule has 1 aliphatic rings. The van der Waals surface area contributed by atoms with Crippen LogP contribution >= 0.6 is 0 Å². The summed E-state index contributed by atoms with van der Waals surface area (Å²) in [6.07, 6.45) is 1.07. The molecule has 0 saturated carbocycles. The molecule has 0 aromatic heterocycles. The highest BCUT2D eigenvalue weighted by atomic mass is 15.2. The molecule has 51 valence electrons. The highest BCUT2D eigenvalue weighted by Gasteiger charge is 2.18. The predicted octanol–water partition coefficient (Wildman–Crippen LogP) is 0.0359. The first-order valence-corrected chi connectivity index (χ1v) is 3.12. The third-order valence-electron chi connectivity index (χ3n) is 1.63. The fraction of sp³-hybridized carbons (Fsp3) is 0.667. The Morgan fingerprint density at radius 1 is 1.78 bits per heavy atom. The maximum absolute atomic E-state index is 7.06. The minimum Gasteiger partial charge on any atom is -0.370 e. The van der Waals surface area contributed by atoms with Crippen LogP contribution < -0.4 is 5.73 Å². The molecular weight excluding hydrogens is 114 g/mol. The summed E-state index contributed by atoms with van der Waals surface area (Å²) in [5.41, 5.74) is 5.24. The fourth-order valence-electron chi connectivity index (χ4n) is 1.05. The van der Waals surface area contributed by atoms with Gasteiger partial charge >= 0.3 is 0 Å². The number of nitrogens with zero attached hydrogens (tertiary/aromatic N) is 1. The van der Waals surface area contributed by atoms with E-state index in [1.54, 1.807) is 0 Å². The zero-order valence-electron chi connectivity index (χ0n) is 5.43. The molecule has 0 spiro atoms. The summed E-state index contributed by atoms with van der Waals surface area (Å²) in [7, 11) is 0. The molecule has 0 aromatic carbocycles. The van der Waals surface area contributed by atoms with Crippen LogP contribution in [-0.2, 0) is 0 Å². The van der Waals surface area contributed by atoms with Gasteiger partial charge in [0.25, 0.3) is 0 Å². The van der Waals surface area contributed by atoms with Crippen LogP contribution in [0.2, 0.25) is 0 Å². The van der Waals surface area contributed by atoms with Crippen LogP contribution in [0.1, 0.15) is 6.42 Å². The van der Waals surface area contributed by atoms with Gasteiger partial charge in [0.2, 0.25) is 0 Å². The Labute approximate surface area is 55.3 Å². The summed E-state index contributed by atoms with van der Waals surface area (Å²) in [5.74, 6) is 0.648. The van der Waals surface area contributed by atoms with Crippen molar-refractivity contribution in [1.29, 1.82) is 5.41 Å². The molecule has 1 rings (SSSR count). The summed E-state index contributed by atoms with van der Waals surface area (Å²) in [6.45, 7) is 5.64. The van der Waals surface area contributed by atoms with Crippen molar-refractivity contribution >= 4 is 5.96 Å². The third kappa shape index (κ3) is 1.34. The molecule has 3 heteroatoms. The number of likely N-dealkylation sites (tertiary alicyclic amines) is 1. The van der Waals surface area contributed by atoms with Crippen LogP contribution in [0.4, 0.5) is 0 Å². The maximum atomic E-state index is 7.06. The molecule has 3 N–H and O–H groups in total. The molecule has 1 fully saturated rings. The largest absolute Gasteiger partial charge is 0.370 e. The first-order valence-electron chi connectivity index (χ1n) is 3.12. The molecular formula is C6H12N3. The van der Waals surface area contributed by atoms with E-state index in [0.717, 1.165) is 19.5 Å². The van der Waals surface area contributed by atoms with Gasteiger partial charge in [-0.05, 0) is 19.3 Å². The van der Waals surface area contributed by atoms with E-state index in [9.17, 15) is 0 Å². The minimum atomic E-state index is 0.182. The summed E-state index contributed by atoms with van der Waals surface area (Å²) < 4.78 is 0. The molecule has 0 bridgehead atoms. The van der Waals surface area contributed by atoms with Gasteiger partial charge in [-0.3, -0.25) is 5.41 Å². The standard InChI is InChI=1S/C6H12N3/c1-5-2-3-9(4-5)6(7)8/h5H,1-4H2,(H3,7,8). The summed E-state index contributed by atoms with van der Waals surface area (Å²) >= 11 is 0. The summed E-state index contributed by atoms with van der Waals surface area (Å²) in [5, 5.41) is 7.06. The highest BCUT2D eigenvalue weighted by molar-refractivity contribution is 5.74. The number of hydrogen-bond donors (Lipinski definition) is 2. The lowest BCUT2D eigenvalue weighted by Gasteiger charge is -2.13. The second-order valence-electron chi connectivity index (χ2n) is 2.49. The van der Waals surface area contributed by atoms with Crippen LogP contribution in [0.3, 0.4) is 0 Å². The van der Waals surface area contributed by atoms with Crippen molar-refractivity contribution in [2.75, 3.05) is 13.1 Å². The summed E-state index contributed by atoms with van der Waals surface area (Å²) in [4.78, 5) is 1.84. The monoisotopic (exact) mass is 126 g/mol. The molecule has 1 atom stereocenters. The number of nitrogens with two attached hydrogens (primary N) is 1. The van der Waals surface area contributed by atoms with Gasteiger partial charge in [-0.2, -0.15) is 0 Å². The lowest BCUT2D eigenvalue weighted by Crippen LogP contribution is -2.34. The zero-order valence-corrected chi connectivity index (χ0v) is 5.43. The van der Waals surface area contributed by atoms with E-state index in [2.05, 4.69) is 6.92 Å². The molecule has 0 amide bonds. The van der Waals surface area contributed by atoms with Gasteiger partial charge in [0.15, 0.2) is 5.96 Å². The van der Waals surface area contributed by atoms with Crippen molar-refractivity contribution in [3.63, 3.8) is 0 Å². The molecule has 9 heavy (non-hydrogen) atoms. The number of guanidine groups is 1. The second kappa shape index (κ2) is 2.25. The topological polar surface area (TPSA) is 53.1 Å². The molecule has 0 aliphatic carbocycles. The Bertz CT molecular complexity index is 121. The van der Waals surface area contributed by atoms with Crippen molar-refractivity contribution in [3.8, 4) is 0 Å². The maximum Gasteiger partial charge on any atom is 0.188 e. The molecule has 1 aliphatic heterocycles. The predicted molar refractivity (Wildman–Crippen MR) is 37.0 cm³/mol. The third-order valence-corrected chi connectivity index (χ3v) is 1.63. The average molecular weight is 126 g/mol. The smallest absolute Gasteiger partial charge is 0.188 e. The SMILES string of the molecule is [CH2]C1CCN(C(=N)N)C1. The Balaban J connectivity index is 2.39. The van der Waals surface area contributed by atoms with Crippen molar-refractivity contribution in [3.05, 3.63) is 6.92 Å². The number of rotatable bonds is 0. The van der Waals surface area contributed by atoms with Crippen LogP contribution in [0, 0.1) is 18.3 Å². The van der Waals surface area contributed by atoms with Crippen molar-refractivity contribution in [2.24, 2.45) is 11.7 Å². The van der Waals surface area contributed by atoms with Crippen molar-refractivity contribution < 1.29 is 0 Å². The van der Waals surface area contributed by atoms with E-state index in [-0.39, 0.29) is 5.96 Å². The van der Waals surface area contributed by atoms with E-state index in [4.69, 9.17) is 11.1 Å². The molecule has 3 nitrogen and oxygen atoms in total. The Kier molecular flexibility index (Phi) is 1.60. The van der Waals surface area contributed by atoms with Crippen molar-refractivity contribution in [2.45, 2.75) is 6.42 Å². The molecule has 1 unspecified atom stereocenters. The van der Waals surface area contributed by atoms with E-state index in [1.165, 1.54) is 0 Å². The fourth-order valence-corrected chi connectivity index (χ4v) is 1.05. The molecule has 1 radical (unpaired) electrons. The average Bonchev–Trinajstić information content (AvgIpc) is 2.14. The first-order chi connectivity index (χ1) is 4.20. The second-order valence-corrected chi connectivity index (χ2v) is 2.49. The van der Waals surface area contributed by atoms with Gasteiger partial charge in [0, 0.05) is 13.1 Å². The Morgan fingerprint density at radius 2 is 2.44 bits per heavy atom. The van der Waals surface area contributed by atoms with E-state index in [0.29, 0.717) is 5.92 Å². The lowest BCUT2D eigenvalue weighted by molar-refractivity contribution is 0.495. The minimum absolute atomic E-state index is 0.182. The van der Waals surface area contributed by atoms with Gasteiger partial charge in [-0.25, -0.2) is 0 Å². The lowest BCUT2D eigenvalue weighted by atomic mass is 10.2. The molecule has 1 saturated heterocycles. The van der Waals surface area contributed by atoms with Gasteiger partial charge < -0.3 is 10.6 Å². The first kappa shape index (κ1) is 6.39. The van der Waals surface area contributed by atoms with E-state index >= 15 is 0 Å². The van der Waals surface area contributed by atoms with Crippen molar-refractivity contribution in [1.82, 2.24) is 4.90 Å².